The van der Waals surface area contributed by atoms with E-state index >= 15 is 0 Å². The average molecular weight is 254 g/mol. The summed E-state index contributed by atoms with van der Waals surface area (Å²) in [7, 11) is 0. The monoisotopic (exact) mass is 254 g/mol. The predicted octanol–water partition coefficient (Wildman–Crippen LogP) is 3.73. The van der Waals surface area contributed by atoms with Crippen molar-refractivity contribution < 1.29 is 0 Å². The number of hydrogen-bond donors (Lipinski definition) is 0. The van der Waals surface area contributed by atoms with Gasteiger partial charge in [-0.3, -0.25) is 0 Å². The number of azo groups is 4. The van der Waals surface area contributed by atoms with E-state index in [1.54, 1.807) is 0 Å². The van der Waals surface area contributed by atoms with Gasteiger partial charge in [-0.15, -0.1) is 0 Å². The molecular weight excluding hydrogens is 232 g/mol. The van der Waals surface area contributed by atoms with Gasteiger partial charge in [0.05, 0.1) is 12.6 Å². The molecule has 0 bridgehead atoms. The zero-order valence-corrected chi connectivity index (χ0v) is 11.6. The Bertz CT molecular complexity index is 292. The zero-order chi connectivity index (χ0) is 13.6. The van der Waals surface area contributed by atoms with E-state index in [2.05, 4.69) is 54.8 Å². The summed E-state index contributed by atoms with van der Waals surface area (Å²) in [5, 5.41) is 30.5. The van der Waals surface area contributed by atoms with Gasteiger partial charge in [-0.25, -0.2) is 0 Å². The maximum absolute atomic E-state index is 3.94. The summed E-state index contributed by atoms with van der Waals surface area (Å²) in [6.45, 7) is 9.45. The molecule has 0 saturated heterocycles. The third-order valence-electron chi connectivity index (χ3n) is 1.44. The third-order valence-corrected chi connectivity index (χ3v) is 1.44. The van der Waals surface area contributed by atoms with Crippen LogP contribution in [0.3, 0.4) is 0 Å². The van der Waals surface area contributed by atoms with Crippen molar-refractivity contribution in [1.82, 2.24) is 0 Å². The topological polar surface area (TPSA) is 98.9 Å². The van der Waals surface area contributed by atoms with Crippen molar-refractivity contribution in [3.63, 3.8) is 0 Å². The molecule has 18 heavy (non-hydrogen) atoms. The van der Waals surface area contributed by atoms with Crippen LogP contribution in [0.1, 0.15) is 27.7 Å². The van der Waals surface area contributed by atoms with Gasteiger partial charge in [0.15, 0.2) is 20.0 Å². The lowest BCUT2D eigenvalue weighted by Crippen LogP contribution is -1.90. The van der Waals surface area contributed by atoms with Gasteiger partial charge in [0.1, 0.15) is 0 Å². The molecule has 8 nitrogen and oxygen atoms in total. The summed E-state index contributed by atoms with van der Waals surface area (Å²) in [6, 6.07) is 0.191. The van der Waals surface area contributed by atoms with Crippen LogP contribution in [0.5, 0.6) is 0 Å². The summed E-state index contributed by atoms with van der Waals surface area (Å²) in [5.41, 5.74) is 0. The maximum Gasteiger partial charge on any atom is 0.170 e. The smallest absolute Gasteiger partial charge is 0.170 e. The maximum atomic E-state index is 3.94. The van der Waals surface area contributed by atoms with Crippen molar-refractivity contribution in [3.05, 3.63) is 0 Å². The molecule has 0 saturated carbocycles. The first kappa shape index (κ1) is 16.4. The zero-order valence-electron chi connectivity index (χ0n) is 11.6. The highest BCUT2D eigenvalue weighted by atomic mass is 15.3. The Morgan fingerprint density at radius 2 is 1.06 bits per heavy atom. The van der Waals surface area contributed by atoms with E-state index in [4.69, 9.17) is 0 Å². The lowest BCUT2D eigenvalue weighted by molar-refractivity contribution is 0.633. The van der Waals surface area contributed by atoms with Crippen molar-refractivity contribution in [2.75, 3.05) is 26.6 Å². The Balaban J connectivity index is 3.48. The molecule has 0 aromatic rings. The molecule has 0 heterocycles. The molecule has 0 unspecified atom stereocenters. The fourth-order valence-corrected chi connectivity index (χ4v) is 0.729. The van der Waals surface area contributed by atoms with E-state index in [-0.39, 0.29) is 26.0 Å². The van der Waals surface area contributed by atoms with Crippen molar-refractivity contribution in [3.8, 4) is 0 Å². The number of hydrogen-bond acceptors (Lipinski definition) is 8. The van der Waals surface area contributed by atoms with Crippen molar-refractivity contribution in [1.29, 1.82) is 0 Å². The van der Waals surface area contributed by atoms with E-state index in [1.807, 2.05) is 13.8 Å². The van der Waals surface area contributed by atoms with Crippen LogP contribution in [0, 0.1) is 5.92 Å². The highest BCUT2D eigenvalue weighted by Gasteiger charge is 1.87. The minimum Gasteiger partial charge on any atom is -0.192 e. The molecule has 0 aromatic carbocycles. The Kier molecular flexibility index (Phi) is 10.8. The highest BCUT2D eigenvalue weighted by Crippen LogP contribution is 1.92. The highest BCUT2D eigenvalue weighted by molar-refractivity contribution is 4.45. The molecule has 0 fully saturated rings. The third kappa shape index (κ3) is 14.4. The van der Waals surface area contributed by atoms with Crippen LogP contribution >= 0.6 is 0 Å². The average Bonchev–Trinajstić information content (AvgIpc) is 2.29. The van der Waals surface area contributed by atoms with E-state index in [0.717, 1.165) is 6.54 Å². The summed E-state index contributed by atoms with van der Waals surface area (Å²) in [4.78, 5) is 0. The SMILES string of the molecule is CC(C)CN=NCN=NCN=NCN=NC(C)C. The fraction of sp³-hybridized carbons (Fsp3) is 1.00. The number of nitrogens with zero attached hydrogens (tertiary/aromatic N) is 8. The first-order chi connectivity index (χ1) is 8.63. The molecular formula is C10H22N8. The van der Waals surface area contributed by atoms with Crippen LogP contribution in [0.4, 0.5) is 0 Å². The normalized spacial score (nSPS) is 13.4. The second kappa shape index (κ2) is 11.9. The lowest BCUT2D eigenvalue weighted by atomic mass is 10.2. The van der Waals surface area contributed by atoms with Gasteiger partial charge in [-0.1, -0.05) is 13.8 Å². The Hall–Kier alpha value is -1.60. The molecule has 0 aliphatic rings. The van der Waals surface area contributed by atoms with E-state index in [9.17, 15) is 0 Å². The molecule has 0 amide bonds. The van der Waals surface area contributed by atoms with Crippen molar-refractivity contribution in [2.24, 2.45) is 46.8 Å². The molecule has 0 radical (unpaired) electrons. The van der Waals surface area contributed by atoms with Gasteiger partial charge in [-0.2, -0.15) is 40.9 Å². The van der Waals surface area contributed by atoms with Gasteiger partial charge >= 0.3 is 0 Å². The van der Waals surface area contributed by atoms with Gasteiger partial charge in [0, 0.05) is 0 Å². The molecule has 0 rings (SSSR count). The summed E-state index contributed by atoms with van der Waals surface area (Å²) < 4.78 is 0. The summed E-state index contributed by atoms with van der Waals surface area (Å²) >= 11 is 0. The molecule has 0 spiro atoms. The molecule has 102 valence electrons. The molecule has 0 N–H and O–H groups in total. The molecule has 0 atom stereocenters. The first-order valence-corrected chi connectivity index (χ1v) is 5.99. The van der Waals surface area contributed by atoms with Crippen LogP contribution in [0.2, 0.25) is 0 Å². The minimum absolute atomic E-state index is 0.191. The quantitative estimate of drug-likeness (QED) is 0.560. The Labute approximate surface area is 108 Å². The molecule has 0 aliphatic carbocycles. The molecule has 0 aromatic heterocycles. The van der Waals surface area contributed by atoms with E-state index in [0.29, 0.717) is 5.92 Å². The van der Waals surface area contributed by atoms with Gasteiger partial charge in [-0.05, 0) is 19.8 Å². The van der Waals surface area contributed by atoms with Gasteiger partial charge < -0.3 is 0 Å². The van der Waals surface area contributed by atoms with Crippen LogP contribution in [-0.4, -0.2) is 32.6 Å². The van der Waals surface area contributed by atoms with Crippen LogP contribution in [0.25, 0.3) is 0 Å². The van der Waals surface area contributed by atoms with Crippen LogP contribution in [-0.2, 0) is 0 Å². The van der Waals surface area contributed by atoms with Gasteiger partial charge in [0.25, 0.3) is 0 Å². The first-order valence-electron chi connectivity index (χ1n) is 5.99. The minimum atomic E-state index is 0.191. The Morgan fingerprint density at radius 3 is 1.50 bits per heavy atom. The van der Waals surface area contributed by atoms with E-state index < -0.39 is 0 Å². The summed E-state index contributed by atoms with van der Waals surface area (Å²) in [5.74, 6) is 0.513. The van der Waals surface area contributed by atoms with E-state index in [1.165, 1.54) is 0 Å². The predicted molar refractivity (Wildman–Crippen MR) is 68.9 cm³/mol. The number of rotatable bonds is 9. The molecule has 0 aliphatic heterocycles. The Morgan fingerprint density at radius 1 is 0.611 bits per heavy atom. The van der Waals surface area contributed by atoms with Crippen LogP contribution in [0.15, 0.2) is 40.9 Å². The second-order valence-electron chi connectivity index (χ2n) is 4.20. The molecule has 8 heteroatoms. The summed E-state index contributed by atoms with van der Waals surface area (Å²) in [6.07, 6.45) is 0. The lowest BCUT2D eigenvalue weighted by Gasteiger charge is -1.93. The standard InChI is InChI=1S/C10H22N8/c1-9(2)5-11-12-6-13-14-7-15-16-8-17-18-10(3)4/h9-10H,5-8H2,1-4H3. The van der Waals surface area contributed by atoms with Crippen molar-refractivity contribution >= 4 is 0 Å². The van der Waals surface area contributed by atoms with Crippen molar-refractivity contribution in [2.45, 2.75) is 33.7 Å². The largest absolute Gasteiger partial charge is 0.192 e. The fourth-order valence-electron chi connectivity index (χ4n) is 0.729. The second-order valence-corrected chi connectivity index (χ2v) is 4.20. The van der Waals surface area contributed by atoms with Crippen LogP contribution < -0.4 is 0 Å². The van der Waals surface area contributed by atoms with Gasteiger partial charge in [0.2, 0.25) is 0 Å².